The molecule has 0 radical (unpaired) electrons. The van der Waals surface area contributed by atoms with E-state index in [9.17, 15) is 34.2 Å². The van der Waals surface area contributed by atoms with Gasteiger partial charge in [0.1, 0.15) is 49.1 Å². The zero-order chi connectivity index (χ0) is 42.1. The van der Waals surface area contributed by atoms with Crippen molar-refractivity contribution in [1.29, 1.82) is 0 Å². The van der Waals surface area contributed by atoms with Crippen LogP contribution in [-0.4, -0.2) is 95.6 Å². The molecule has 0 spiro atoms. The van der Waals surface area contributed by atoms with Crippen molar-refractivity contribution in [3.63, 3.8) is 0 Å². The average Bonchev–Trinajstić information content (AvgIpc) is 3.24. The quantitative estimate of drug-likeness (QED) is 0.0297. The van der Waals surface area contributed by atoms with Crippen LogP contribution in [0.2, 0.25) is 0 Å². The monoisotopic (exact) mass is 875 g/mol. The number of ether oxygens (including phenoxy) is 5. The lowest BCUT2D eigenvalue weighted by Gasteiger charge is -2.30. The van der Waals surface area contributed by atoms with Crippen LogP contribution in [0, 0.1) is 0 Å². The zero-order valence-electron chi connectivity index (χ0n) is 33.8. The van der Waals surface area contributed by atoms with Gasteiger partial charge in [-0.15, -0.1) is 0 Å². The molecule has 0 bridgehead atoms. The minimum absolute atomic E-state index is 0. The van der Waals surface area contributed by atoms with Crippen LogP contribution < -0.4 is 9.47 Å². The molecule has 0 heterocycles. The molecule has 2 saturated carbocycles. The standard InChI is InChI=1S/C24H32O7.C21H30O6.4CH4/c1-2-21(25)30-16-8-3-5-9-22(26)31-18-17-29-20-12-10-19(11-13-20)23(27)24(28)14-6-4-7-15-24;22-14-6-1-3-7-19(23)27-16-15-26-18-10-8-17(9-11-18)20(24)21(25)12-4-2-5-13-21;;;;/h2,10-13,28H,1,3-9,14-18H2;8-11,22,25H,1-7,12-16H2;4*1H4. The molecule has 62 heavy (non-hydrogen) atoms. The van der Waals surface area contributed by atoms with E-state index >= 15 is 0 Å². The lowest BCUT2D eigenvalue weighted by Crippen LogP contribution is -2.40. The Hall–Kier alpha value is -4.59. The number of Topliss-reactive ketones (excluding diaryl/α,β-unsaturated/α-hetero) is 2. The van der Waals surface area contributed by atoms with E-state index in [-0.39, 0.29) is 86.2 Å². The van der Waals surface area contributed by atoms with Crippen LogP contribution in [0.1, 0.15) is 166 Å². The molecule has 13 heteroatoms. The Kier molecular flexibility index (Phi) is 31.7. The third-order valence-corrected chi connectivity index (χ3v) is 10.1. The Morgan fingerprint density at radius 1 is 0.516 bits per heavy atom. The Labute approximate surface area is 371 Å². The Balaban J connectivity index is 0. The number of aliphatic hydroxyl groups excluding tert-OH is 1. The Morgan fingerprint density at radius 2 is 0.903 bits per heavy atom. The minimum atomic E-state index is -1.25. The molecule has 0 unspecified atom stereocenters. The number of benzene rings is 2. The summed E-state index contributed by atoms with van der Waals surface area (Å²) in [5.41, 5.74) is -1.51. The fourth-order valence-electron chi connectivity index (χ4n) is 6.78. The second-order valence-corrected chi connectivity index (χ2v) is 14.7. The van der Waals surface area contributed by atoms with Crippen LogP contribution in [-0.2, 0) is 28.6 Å². The van der Waals surface area contributed by atoms with Crippen molar-refractivity contribution >= 4 is 29.5 Å². The Bertz CT molecular complexity index is 1560. The third-order valence-electron chi connectivity index (χ3n) is 10.1. The van der Waals surface area contributed by atoms with E-state index in [0.717, 1.165) is 57.4 Å². The van der Waals surface area contributed by atoms with Crippen molar-refractivity contribution in [2.24, 2.45) is 0 Å². The molecule has 2 aliphatic rings. The predicted molar refractivity (Wildman–Crippen MR) is 243 cm³/mol. The first kappa shape index (κ1) is 59.5. The van der Waals surface area contributed by atoms with Gasteiger partial charge >= 0.3 is 17.9 Å². The number of hydrogen-bond acceptors (Lipinski definition) is 13. The second kappa shape index (κ2) is 33.0. The highest BCUT2D eigenvalue weighted by Crippen LogP contribution is 2.33. The molecular formula is C49H78O13. The molecule has 2 aliphatic carbocycles. The van der Waals surface area contributed by atoms with Gasteiger partial charge < -0.3 is 39.0 Å². The van der Waals surface area contributed by atoms with E-state index in [0.29, 0.717) is 93.4 Å². The summed E-state index contributed by atoms with van der Waals surface area (Å²) in [7, 11) is 0. The van der Waals surface area contributed by atoms with Crippen molar-refractivity contribution in [2.75, 3.05) is 39.6 Å². The van der Waals surface area contributed by atoms with Crippen LogP contribution in [0.3, 0.4) is 0 Å². The maximum absolute atomic E-state index is 12.6. The molecule has 2 aromatic carbocycles. The van der Waals surface area contributed by atoms with Gasteiger partial charge in [-0.1, -0.05) is 81.2 Å². The van der Waals surface area contributed by atoms with Gasteiger partial charge in [0, 0.05) is 36.7 Å². The number of carbonyl (C=O) groups excluding carboxylic acids is 5. The number of unbranched alkanes of at least 4 members (excludes halogenated alkanes) is 4. The van der Waals surface area contributed by atoms with Gasteiger partial charge in [-0.2, -0.15) is 0 Å². The Morgan fingerprint density at radius 3 is 1.27 bits per heavy atom. The zero-order valence-corrected chi connectivity index (χ0v) is 33.8. The fourth-order valence-corrected chi connectivity index (χ4v) is 6.78. The molecule has 13 nitrogen and oxygen atoms in total. The van der Waals surface area contributed by atoms with Crippen LogP contribution in [0.25, 0.3) is 0 Å². The summed E-state index contributed by atoms with van der Waals surface area (Å²) in [5, 5.41) is 29.8. The van der Waals surface area contributed by atoms with Crippen molar-refractivity contribution < 1.29 is 63.0 Å². The number of ketones is 2. The predicted octanol–water partition coefficient (Wildman–Crippen LogP) is 9.36. The van der Waals surface area contributed by atoms with Gasteiger partial charge in [-0.3, -0.25) is 19.2 Å². The SMILES string of the molecule is C.C.C.C.C=CC(=O)OCCCCCC(=O)OCCOc1ccc(C(=O)C2(O)CCCCC2)cc1.O=C(CCCCCO)OCCOc1ccc(C(=O)C2(O)CCCCC2)cc1. The van der Waals surface area contributed by atoms with Crippen LogP contribution in [0.15, 0.2) is 61.2 Å². The molecule has 3 N–H and O–H groups in total. The first-order valence-electron chi connectivity index (χ1n) is 20.7. The van der Waals surface area contributed by atoms with Gasteiger partial charge in [0.25, 0.3) is 0 Å². The molecule has 0 aromatic heterocycles. The summed E-state index contributed by atoms with van der Waals surface area (Å²) in [6, 6.07) is 13.4. The summed E-state index contributed by atoms with van der Waals surface area (Å²) >= 11 is 0. The van der Waals surface area contributed by atoms with Crippen molar-refractivity contribution in [3.05, 3.63) is 72.3 Å². The largest absolute Gasteiger partial charge is 0.490 e. The number of esters is 3. The average molecular weight is 875 g/mol. The van der Waals surface area contributed by atoms with E-state index in [1.807, 2.05) is 0 Å². The van der Waals surface area contributed by atoms with Gasteiger partial charge in [-0.05, 0) is 106 Å². The molecule has 0 atom stereocenters. The number of hydrogen-bond donors (Lipinski definition) is 3. The van der Waals surface area contributed by atoms with E-state index < -0.39 is 17.2 Å². The van der Waals surface area contributed by atoms with Crippen molar-refractivity contribution in [1.82, 2.24) is 0 Å². The molecule has 0 amide bonds. The molecule has 0 saturated heterocycles. The van der Waals surface area contributed by atoms with E-state index in [1.165, 1.54) is 0 Å². The number of aliphatic hydroxyl groups is 3. The summed E-state index contributed by atoms with van der Waals surface area (Å²) in [6.07, 6.45) is 13.8. The number of carbonyl (C=O) groups is 5. The summed E-state index contributed by atoms with van der Waals surface area (Å²) in [6.45, 7) is 4.52. The second-order valence-electron chi connectivity index (χ2n) is 14.7. The molecule has 4 rings (SSSR count). The van der Waals surface area contributed by atoms with Crippen molar-refractivity contribution in [3.8, 4) is 11.5 Å². The first-order valence-corrected chi connectivity index (χ1v) is 20.7. The summed E-state index contributed by atoms with van der Waals surface area (Å²) in [4.78, 5) is 59.2. The highest BCUT2D eigenvalue weighted by molar-refractivity contribution is 6.03. The fraction of sp³-hybridized carbons (Fsp3) is 0.612. The molecule has 352 valence electrons. The normalized spacial score (nSPS) is 14.4. The molecular weight excluding hydrogens is 797 g/mol. The smallest absolute Gasteiger partial charge is 0.330 e. The summed E-state index contributed by atoms with van der Waals surface area (Å²) < 4.78 is 26.1. The topological polar surface area (TPSA) is 192 Å². The molecule has 2 fully saturated rings. The van der Waals surface area contributed by atoms with E-state index in [4.69, 9.17) is 28.8 Å². The van der Waals surface area contributed by atoms with Gasteiger partial charge in [0.2, 0.25) is 0 Å². The van der Waals surface area contributed by atoms with Crippen LogP contribution in [0.4, 0.5) is 0 Å². The van der Waals surface area contributed by atoms with E-state index in [1.54, 1.807) is 48.5 Å². The first-order chi connectivity index (χ1) is 28.0. The lowest BCUT2D eigenvalue weighted by molar-refractivity contribution is -0.145. The highest BCUT2D eigenvalue weighted by Gasteiger charge is 2.38. The van der Waals surface area contributed by atoms with Gasteiger partial charge in [-0.25, -0.2) is 4.79 Å². The van der Waals surface area contributed by atoms with E-state index in [2.05, 4.69) is 6.58 Å². The summed E-state index contributed by atoms with van der Waals surface area (Å²) in [5.74, 6) is -0.303. The van der Waals surface area contributed by atoms with Crippen LogP contribution >= 0.6 is 0 Å². The maximum atomic E-state index is 12.6. The minimum Gasteiger partial charge on any atom is -0.490 e. The van der Waals surface area contributed by atoms with Crippen molar-refractivity contribution in [2.45, 2.75) is 156 Å². The molecule has 2 aromatic rings. The molecule has 0 aliphatic heterocycles. The lowest BCUT2D eigenvalue weighted by atomic mass is 9.79. The van der Waals surface area contributed by atoms with Gasteiger partial charge in [0.05, 0.1) is 6.61 Å². The number of rotatable bonds is 24. The van der Waals surface area contributed by atoms with Gasteiger partial charge in [0.15, 0.2) is 11.6 Å². The maximum Gasteiger partial charge on any atom is 0.330 e. The third kappa shape index (κ3) is 22.0. The van der Waals surface area contributed by atoms with Crippen LogP contribution in [0.5, 0.6) is 11.5 Å². The highest BCUT2D eigenvalue weighted by atomic mass is 16.6.